The molecule has 0 unspecified atom stereocenters. The second-order valence-corrected chi connectivity index (χ2v) is 12.3. The number of imide groups is 1. The fraction of sp³-hybridized carbons (Fsp3) is 0.429. The number of nitrogens with one attached hydrogen (secondary N) is 2. The Balaban J connectivity index is 1.20. The summed E-state index contributed by atoms with van der Waals surface area (Å²) in [6.07, 6.45) is 6.89. The van der Waals surface area contributed by atoms with Crippen LogP contribution in [0, 0.1) is 24.7 Å². The van der Waals surface area contributed by atoms with Crippen LogP contribution in [0.5, 0.6) is 0 Å². The molecule has 1 heterocycles. The standard InChI is InChI=1S/C28H29ClN4O3S/c1-16-21(29)6-4-8-23(16)33-25(35)20-5-2-3-7-22(20)30-27(33)37-15-24(34)31-26(36)32-28-12-17-9-18(13-28)11-19(10-17)14-28/h2-8,17-19H,9-15H2,1H3,(H2,31,32,34,36). The molecule has 0 aliphatic heterocycles. The zero-order chi connectivity index (χ0) is 25.7. The van der Waals surface area contributed by atoms with E-state index in [4.69, 9.17) is 11.6 Å². The molecule has 0 atom stereocenters. The van der Waals surface area contributed by atoms with Crippen molar-refractivity contribution >= 4 is 46.2 Å². The Morgan fingerprint density at radius 1 is 1.05 bits per heavy atom. The number of benzene rings is 2. The van der Waals surface area contributed by atoms with E-state index in [-0.39, 0.29) is 16.9 Å². The van der Waals surface area contributed by atoms with E-state index >= 15 is 0 Å². The van der Waals surface area contributed by atoms with Crippen LogP contribution in [-0.4, -0.2) is 32.8 Å². The van der Waals surface area contributed by atoms with Crippen molar-refractivity contribution in [1.29, 1.82) is 0 Å². The first-order valence-electron chi connectivity index (χ1n) is 12.8. The van der Waals surface area contributed by atoms with Crippen LogP contribution in [0.25, 0.3) is 16.6 Å². The van der Waals surface area contributed by atoms with Gasteiger partial charge in [0.05, 0.1) is 22.3 Å². The summed E-state index contributed by atoms with van der Waals surface area (Å²) in [4.78, 5) is 43.8. The first-order chi connectivity index (χ1) is 17.8. The summed E-state index contributed by atoms with van der Waals surface area (Å²) in [5, 5.41) is 7.06. The summed E-state index contributed by atoms with van der Waals surface area (Å²) in [5.41, 5.74) is 1.49. The molecule has 3 amide bonds. The van der Waals surface area contributed by atoms with Gasteiger partial charge >= 0.3 is 6.03 Å². The van der Waals surface area contributed by atoms with E-state index in [1.807, 2.05) is 19.1 Å². The Hall–Kier alpha value is -2.84. The number of para-hydroxylation sites is 1. The lowest BCUT2D eigenvalue weighted by Gasteiger charge is -2.56. The van der Waals surface area contributed by atoms with Crippen molar-refractivity contribution in [3.05, 3.63) is 63.4 Å². The molecule has 4 bridgehead atoms. The Bertz CT molecular complexity index is 1430. The van der Waals surface area contributed by atoms with Crippen molar-refractivity contribution in [2.24, 2.45) is 17.8 Å². The Morgan fingerprint density at radius 3 is 2.43 bits per heavy atom. The van der Waals surface area contributed by atoms with Crippen LogP contribution in [0.15, 0.2) is 52.4 Å². The lowest BCUT2D eigenvalue weighted by molar-refractivity contribution is -0.117. The van der Waals surface area contributed by atoms with Gasteiger partial charge in [-0.25, -0.2) is 9.78 Å². The second-order valence-electron chi connectivity index (χ2n) is 10.9. The topological polar surface area (TPSA) is 93.1 Å². The average molecular weight is 537 g/mol. The van der Waals surface area contributed by atoms with Gasteiger partial charge in [0.2, 0.25) is 5.91 Å². The Morgan fingerprint density at radius 2 is 1.73 bits per heavy atom. The molecule has 4 aliphatic carbocycles. The third-order valence-electron chi connectivity index (χ3n) is 8.23. The minimum absolute atomic E-state index is 0.0569. The number of rotatable bonds is 5. The largest absolute Gasteiger partial charge is 0.332 e. The number of halogens is 1. The van der Waals surface area contributed by atoms with Gasteiger partial charge in [-0.2, -0.15) is 0 Å². The van der Waals surface area contributed by atoms with E-state index in [2.05, 4.69) is 15.6 Å². The van der Waals surface area contributed by atoms with Crippen molar-refractivity contribution in [1.82, 2.24) is 20.2 Å². The van der Waals surface area contributed by atoms with Crippen LogP contribution < -0.4 is 16.2 Å². The maximum Gasteiger partial charge on any atom is 0.321 e. The smallest absolute Gasteiger partial charge is 0.321 e. The van der Waals surface area contributed by atoms with Crippen molar-refractivity contribution < 1.29 is 9.59 Å². The molecule has 7 nitrogen and oxygen atoms in total. The van der Waals surface area contributed by atoms with Crippen LogP contribution in [0.3, 0.4) is 0 Å². The van der Waals surface area contributed by atoms with E-state index in [0.717, 1.165) is 36.6 Å². The van der Waals surface area contributed by atoms with E-state index in [0.29, 0.717) is 44.5 Å². The molecule has 37 heavy (non-hydrogen) atoms. The van der Waals surface area contributed by atoms with Crippen LogP contribution in [0.4, 0.5) is 4.79 Å². The zero-order valence-electron chi connectivity index (χ0n) is 20.6. The normalized spacial score (nSPS) is 25.8. The number of urea groups is 1. The van der Waals surface area contributed by atoms with E-state index in [1.54, 1.807) is 30.3 Å². The highest BCUT2D eigenvalue weighted by Gasteiger charge is 2.51. The first-order valence-corrected chi connectivity index (χ1v) is 14.2. The molecule has 2 N–H and O–H groups in total. The predicted molar refractivity (Wildman–Crippen MR) is 145 cm³/mol. The summed E-state index contributed by atoms with van der Waals surface area (Å²) >= 11 is 7.47. The molecule has 4 aliphatic rings. The molecular formula is C28H29ClN4O3S. The minimum atomic E-state index is -0.429. The van der Waals surface area contributed by atoms with Gasteiger partial charge in [-0.1, -0.05) is 41.6 Å². The van der Waals surface area contributed by atoms with Crippen molar-refractivity contribution in [2.75, 3.05) is 5.75 Å². The molecule has 7 rings (SSSR count). The number of hydrogen-bond acceptors (Lipinski definition) is 5. The van der Waals surface area contributed by atoms with Gasteiger partial charge in [0.15, 0.2) is 5.16 Å². The molecule has 192 valence electrons. The van der Waals surface area contributed by atoms with Gasteiger partial charge in [0, 0.05) is 10.6 Å². The quantitative estimate of drug-likeness (QED) is 0.344. The maximum atomic E-state index is 13.5. The molecule has 0 radical (unpaired) electrons. The van der Waals surface area contributed by atoms with Gasteiger partial charge in [-0.15, -0.1) is 0 Å². The van der Waals surface area contributed by atoms with Gasteiger partial charge in [0.1, 0.15) is 0 Å². The number of aromatic nitrogens is 2. The molecule has 9 heteroatoms. The summed E-state index contributed by atoms with van der Waals surface area (Å²) in [6.45, 7) is 1.84. The first kappa shape index (κ1) is 24.5. The zero-order valence-corrected chi connectivity index (χ0v) is 22.2. The van der Waals surface area contributed by atoms with Crippen LogP contribution in [0.1, 0.15) is 44.1 Å². The summed E-state index contributed by atoms with van der Waals surface area (Å²) in [5.74, 6) is 1.61. The van der Waals surface area contributed by atoms with Gasteiger partial charge in [-0.3, -0.25) is 19.5 Å². The van der Waals surface area contributed by atoms with Crippen LogP contribution >= 0.6 is 23.4 Å². The summed E-state index contributed by atoms with van der Waals surface area (Å²) in [7, 11) is 0. The lowest BCUT2D eigenvalue weighted by Crippen LogP contribution is -2.61. The molecule has 4 saturated carbocycles. The maximum absolute atomic E-state index is 13.5. The minimum Gasteiger partial charge on any atom is -0.332 e. The van der Waals surface area contributed by atoms with Crippen LogP contribution in [0.2, 0.25) is 5.02 Å². The SMILES string of the molecule is Cc1c(Cl)cccc1-n1c(SCC(=O)NC(=O)NC23CC4CC(CC(C4)C2)C3)nc2ccccc2c1=O. The van der Waals surface area contributed by atoms with Crippen molar-refractivity contribution in [3.63, 3.8) is 0 Å². The number of nitrogens with zero attached hydrogens (tertiary/aromatic N) is 2. The highest BCUT2D eigenvalue weighted by atomic mass is 35.5. The molecule has 0 saturated heterocycles. The van der Waals surface area contributed by atoms with Gasteiger partial charge in [-0.05, 0) is 93.0 Å². The van der Waals surface area contributed by atoms with Crippen LogP contribution in [-0.2, 0) is 4.79 Å². The number of carbonyl (C=O) groups excluding carboxylic acids is 2. The van der Waals surface area contributed by atoms with E-state index in [9.17, 15) is 14.4 Å². The third-order valence-corrected chi connectivity index (χ3v) is 9.58. The predicted octanol–water partition coefficient (Wildman–Crippen LogP) is 5.23. The Labute approximate surface area is 224 Å². The van der Waals surface area contributed by atoms with Gasteiger partial charge in [0.25, 0.3) is 5.56 Å². The third kappa shape index (κ3) is 4.66. The fourth-order valence-electron chi connectivity index (χ4n) is 7.09. The second kappa shape index (κ2) is 9.48. The molecule has 3 aromatic rings. The van der Waals surface area contributed by atoms with Gasteiger partial charge < -0.3 is 5.32 Å². The summed E-state index contributed by atoms with van der Waals surface area (Å²) in [6, 6.07) is 12.0. The Kier molecular flexibility index (Phi) is 6.27. The molecule has 0 spiro atoms. The van der Waals surface area contributed by atoms with Crippen molar-refractivity contribution in [2.45, 2.75) is 56.1 Å². The number of amides is 3. The molecule has 2 aromatic carbocycles. The number of hydrogen-bond donors (Lipinski definition) is 2. The highest BCUT2D eigenvalue weighted by Crippen LogP contribution is 2.55. The molecule has 4 fully saturated rings. The lowest BCUT2D eigenvalue weighted by atomic mass is 9.53. The molecule has 1 aromatic heterocycles. The summed E-state index contributed by atoms with van der Waals surface area (Å²) < 4.78 is 1.50. The van der Waals surface area contributed by atoms with Crippen molar-refractivity contribution in [3.8, 4) is 5.69 Å². The van der Waals surface area contributed by atoms with E-state index < -0.39 is 11.9 Å². The number of fused-ring (bicyclic) bond motifs is 1. The fourth-order valence-corrected chi connectivity index (χ4v) is 8.06. The monoisotopic (exact) mass is 536 g/mol. The number of thioether (sulfide) groups is 1. The average Bonchev–Trinajstić information content (AvgIpc) is 2.84. The number of carbonyl (C=O) groups is 2. The highest BCUT2D eigenvalue weighted by molar-refractivity contribution is 7.99. The molecular weight excluding hydrogens is 508 g/mol. The van der Waals surface area contributed by atoms with E-state index in [1.165, 1.54) is 23.8 Å².